The Balaban J connectivity index is 1.85. The van der Waals surface area contributed by atoms with Crippen molar-refractivity contribution in [1.29, 1.82) is 0 Å². The second kappa shape index (κ2) is 5.29. The third-order valence-electron chi connectivity index (χ3n) is 5.95. The van der Waals surface area contributed by atoms with Crippen LogP contribution in [0.2, 0.25) is 0 Å². The van der Waals surface area contributed by atoms with Crippen molar-refractivity contribution < 1.29 is 9.59 Å². The largest absolute Gasteiger partial charge is 0.340 e. The zero-order valence-electron chi connectivity index (χ0n) is 13.5. The van der Waals surface area contributed by atoms with E-state index in [9.17, 15) is 9.59 Å². The highest BCUT2D eigenvalue weighted by molar-refractivity contribution is 6.00. The molecule has 118 valence electrons. The average Bonchev–Trinajstić information content (AvgIpc) is 3.22. The molecule has 3 unspecified atom stereocenters. The molecule has 2 aliphatic carbocycles. The van der Waals surface area contributed by atoms with Crippen LogP contribution in [-0.4, -0.2) is 34.8 Å². The van der Waals surface area contributed by atoms with Gasteiger partial charge in [-0.2, -0.15) is 0 Å². The molecular weight excluding hydrogens is 264 g/mol. The molecule has 2 saturated carbocycles. The highest BCUT2D eigenvalue weighted by atomic mass is 16.2. The van der Waals surface area contributed by atoms with Gasteiger partial charge < -0.3 is 10.2 Å². The first-order valence-electron chi connectivity index (χ1n) is 8.60. The van der Waals surface area contributed by atoms with Crippen LogP contribution in [0.5, 0.6) is 0 Å². The van der Waals surface area contributed by atoms with Gasteiger partial charge in [-0.25, -0.2) is 0 Å². The lowest BCUT2D eigenvalue weighted by atomic mass is 9.81. The van der Waals surface area contributed by atoms with E-state index in [1.54, 1.807) is 0 Å². The second-order valence-electron chi connectivity index (χ2n) is 7.55. The molecule has 3 atom stereocenters. The molecule has 3 fully saturated rings. The number of piperazine rings is 1. The van der Waals surface area contributed by atoms with Crippen molar-refractivity contribution in [1.82, 2.24) is 10.2 Å². The molecule has 2 amide bonds. The maximum atomic E-state index is 13.1. The van der Waals surface area contributed by atoms with Crippen LogP contribution in [-0.2, 0) is 9.59 Å². The minimum absolute atomic E-state index is 0.0673. The molecule has 0 aromatic heterocycles. The average molecular weight is 292 g/mol. The lowest BCUT2D eigenvalue weighted by Gasteiger charge is -2.48. The summed E-state index contributed by atoms with van der Waals surface area (Å²) in [6.45, 7) is 6.90. The van der Waals surface area contributed by atoms with E-state index in [2.05, 4.69) is 19.2 Å². The number of nitrogens with zero attached hydrogens (tertiary/aromatic N) is 1. The molecule has 0 aromatic rings. The van der Waals surface area contributed by atoms with Crippen LogP contribution in [0.15, 0.2) is 0 Å². The Morgan fingerprint density at radius 1 is 1.29 bits per heavy atom. The number of hydrogen-bond acceptors (Lipinski definition) is 2. The van der Waals surface area contributed by atoms with Crippen molar-refractivity contribution in [3.05, 3.63) is 0 Å². The standard InChI is InChI=1S/C17H28N2O2/c1-4-11(2)14-15(20)18-17(3,13-8-9-13)16(21)19(14)10-12-6-5-7-12/h11-14H,4-10H2,1-3H3,(H,18,20). The predicted octanol–water partition coefficient (Wildman–Crippen LogP) is 2.33. The summed E-state index contributed by atoms with van der Waals surface area (Å²) in [6.07, 6.45) is 6.73. The Kier molecular flexibility index (Phi) is 3.74. The van der Waals surface area contributed by atoms with Crippen LogP contribution >= 0.6 is 0 Å². The maximum Gasteiger partial charge on any atom is 0.249 e. The van der Waals surface area contributed by atoms with E-state index >= 15 is 0 Å². The quantitative estimate of drug-likeness (QED) is 0.845. The Bertz CT molecular complexity index is 442. The summed E-state index contributed by atoms with van der Waals surface area (Å²) < 4.78 is 0. The van der Waals surface area contributed by atoms with Crippen LogP contribution < -0.4 is 5.32 Å². The predicted molar refractivity (Wildman–Crippen MR) is 81.6 cm³/mol. The summed E-state index contributed by atoms with van der Waals surface area (Å²) in [4.78, 5) is 27.7. The van der Waals surface area contributed by atoms with Crippen LogP contribution in [0.4, 0.5) is 0 Å². The number of rotatable bonds is 5. The van der Waals surface area contributed by atoms with Gasteiger partial charge in [-0.15, -0.1) is 0 Å². The lowest BCUT2D eigenvalue weighted by molar-refractivity contribution is -0.158. The lowest BCUT2D eigenvalue weighted by Crippen LogP contribution is -2.71. The second-order valence-corrected chi connectivity index (χ2v) is 7.55. The van der Waals surface area contributed by atoms with E-state index in [0.717, 1.165) is 25.8 Å². The summed E-state index contributed by atoms with van der Waals surface area (Å²) in [5.41, 5.74) is -0.648. The number of carbonyl (C=O) groups is 2. The number of amides is 2. The van der Waals surface area contributed by atoms with E-state index in [1.807, 2.05) is 11.8 Å². The smallest absolute Gasteiger partial charge is 0.249 e. The Morgan fingerprint density at radius 2 is 1.95 bits per heavy atom. The van der Waals surface area contributed by atoms with Crippen molar-refractivity contribution in [3.63, 3.8) is 0 Å². The molecule has 0 bridgehead atoms. The summed E-state index contributed by atoms with van der Waals surface area (Å²) in [7, 11) is 0. The van der Waals surface area contributed by atoms with Gasteiger partial charge in [0.2, 0.25) is 11.8 Å². The first-order valence-corrected chi connectivity index (χ1v) is 8.60. The maximum absolute atomic E-state index is 13.1. The fourth-order valence-corrected chi connectivity index (χ4v) is 3.83. The van der Waals surface area contributed by atoms with Gasteiger partial charge in [0, 0.05) is 6.54 Å². The number of carbonyl (C=O) groups excluding carboxylic acids is 2. The van der Waals surface area contributed by atoms with Crippen molar-refractivity contribution in [3.8, 4) is 0 Å². The zero-order valence-corrected chi connectivity index (χ0v) is 13.5. The van der Waals surface area contributed by atoms with Gasteiger partial charge in [0.15, 0.2) is 0 Å². The summed E-state index contributed by atoms with van der Waals surface area (Å²) in [5.74, 6) is 1.41. The van der Waals surface area contributed by atoms with Crippen molar-refractivity contribution >= 4 is 11.8 Å². The Hall–Kier alpha value is -1.06. The monoisotopic (exact) mass is 292 g/mol. The first kappa shape index (κ1) is 14.9. The highest BCUT2D eigenvalue weighted by Crippen LogP contribution is 2.43. The molecule has 3 aliphatic rings. The fourth-order valence-electron chi connectivity index (χ4n) is 3.83. The molecule has 4 heteroatoms. The first-order chi connectivity index (χ1) is 9.97. The summed E-state index contributed by atoms with van der Waals surface area (Å²) in [5, 5.41) is 3.08. The molecular formula is C17H28N2O2. The molecule has 1 N–H and O–H groups in total. The third-order valence-corrected chi connectivity index (χ3v) is 5.95. The van der Waals surface area contributed by atoms with Gasteiger partial charge in [0.25, 0.3) is 0 Å². The van der Waals surface area contributed by atoms with E-state index < -0.39 is 5.54 Å². The van der Waals surface area contributed by atoms with Gasteiger partial charge in [-0.05, 0) is 50.4 Å². The fraction of sp³-hybridized carbons (Fsp3) is 0.882. The minimum Gasteiger partial charge on any atom is -0.340 e. The normalized spacial score (nSPS) is 35.4. The van der Waals surface area contributed by atoms with Crippen LogP contribution in [0.3, 0.4) is 0 Å². The molecule has 0 aromatic carbocycles. The highest BCUT2D eigenvalue weighted by Gasteiger charge is 2.56. The third kappa shape index (κ3) is 2.47. The van der Waals surface area contributed by atoms with Gasteiger partial charge in [0.05, 0.1) is 0 Å². The van der Waals surface area contributed by atoms with E-state index in [0.29, 0.717) is 11.8 Å². The summed E-state index contributed by atoms with van der Waals surface area (Å²) in [6, 6.07) is -0.269. The Morgan fingerprint density at radius 3 is 2.43 bits per heavy atom. The van der Waals surface area contributed by atoms with Crippen LogP contribution in [0.1, 0.15) is 59.3 Å². The minimum atomic E-state index is -0.648. The molecule has 1 saturated heterocycles. The van der Waals surface area contributed by atoms with E-state index in [1.165, 1.54) is 19.3 Å². The van der Waals surface area contributed by atoms with Gasteiger partial charge >= 0.3 is 0 Å². The molecule has 0 radical (unpaired) electrons. The molecule has 4 nitrogen and oxygen atoms in total. The van der Waals surface area contributed by atoms with Gasteiger partial charge in [-0.1, -0.05) is 26.7 Å². The summed E-state index contributed by atoms with van der Waals surface area (Å²) >= 11 is 0. The van der Waals surface area contributed by atoms with E-state index in [-0.39, 0.29) is 23.8 Å². The number of nitrogens with one attached hydrogen (secondary N) is 1. The van der Waals surface area contributed by atoms with Crippen LogP contribution in [0.25, 0.3) is 0 Å². The molecule has 1 heterocycles. The van der Waals surface area contributed by atoms with Gasteiger partial charge in [-0.3, -0.25) is 9.59 Å². The van der Waals surface area contributed by atoms with Gasteiger partial charge in [0.1, 0.15) is 11.6 Å². The molecule has 0 spiro atoms. The molecule has 3 rings (SSSR count). The SMILES string of the molecule is CCC(C)C1C(=O)NC(C)(C2CC2)C(=O)N1CC1CCC1. The number of hydrogen-bond donors (Lipinski definition) is 1. The van der Waals surface area contributed by atoms with Crippen molar-refractivity contribution in [2.24, 2.45) is 17.8 Å². The van der Waals surface area contributed by atoms with E-state index in [4.69, 9.17) is 0 Å². The topological polar surface area (TPSA) is 49.4 Å². The zero-order chi connectivity index (χ0) is 15.2. The van der Waals surface area contributed by atoms with Crippen molar-refractivity contribution in [2.45, 2.75) is 70.9 Å². The van der Waals surface area contributed by atoms with Crippen molar-refractivity contribution in [2.75, 3.05) is 6.54 Å². The molecule has 1 aliphatic heterocycles. The Labute approximate surface area is 127 Å². The molecule has 21 heavy (non-hydrogen) atoms. The van der Waals surface area contributed by atoms with Crippen LogP contribution in [0, 0.1) is 17.8 Å².